The summed E-state index contributed by atoms with van der Waals surface area (Å²) in [6.45, 7) is 5.71. The van der Waals surface area contributed by atoms with Gasteiger partial charge in [-0.2, -0.15) is 0 Å². The predicted octanol–water partition coefficient (Wildman–Crippen LogP) is 1.06. The third kappa shape index (κ3) is 4.49. The number of hydrogen-bond acceptors (Lipinski definition) is 4. The van der Waals surface area contributed by atoms with E-state index in [0.29, 0.717) is 0 Å². The third-order valence-electron chi connectivity index (χ3n) is 2.95. The van der Waals surface area contributed by atoms with E-state index in [2.05, 4.69) is 10.6 Å². The van der Waals surface area contributed by atoms with Gasteiger partial charge in [-0.3, -0.25) is 4.79 Å². The molecule has 0 aliphatic carbocycles. The fourth-order valence-electron chi connectivity index (χ4n) is 1.87. The van der Waals surface area contributed by atoms with Gasteiger partial charge in [0, 0.05) is 0 Å². The van der Waals surface area contributed by atoms with E-state index in [-0.39, 0.29) is 17.6 Å². The lowest BCUT2D eigenvalue weighted by atomic mass is 10.0. The van der Waals surface area contributed by atoms with E-state index in [9.17, 15) is 4.79 Å². The first kappa shape index (κ1) is 13.5. The molecule has 0 spiro atoms. The summed E-state index contributed by atoms with van der Waals surface area (Å²) in [5, 5.41) is 6.28. The number of ether oxygens (including phenoxy) is 1. The Morgan fingerprint density at radius 2 is 2.25 bits per heavy atom. The SMILES string of the molecule is CNCCC(C)(C)OC(=O)[C@H]1CCCCN1. The van der Waals surface area contributed by atoms with Crippen LogP contribution in [0.2, 0.25) is 0 Å². The molecule has 94 valence electrons. The molecule has 4 heteroatoms. The zero-order chi connectivity index (χ0) is 12.0. The number of hydrogen-bond donors (Lipinski definition) is 2. The van der Waals surface area contributed by atoms with Crippen LogP contribution in [-0.4, -0.2) is 37.7 Å². The molecule has 0 unspecified atom stereocenters. The molecule has 2 N–H and O–H groups in total. The second-order valence-corrected chi connectivity index (χ2v) is 5.04. The minimum atomic E-state index is -0.376. The van der Waals surface area contributed by atoms with Gasteiger partial charge >= 0.3 is 5.97 Å². The highest BCUT2D eigenvalue weighted by atomic mass is 16.6. The predicted molar refractivity (Wildman–Crippen MR) is 64.4 cm³/mol. The Hall–Kier alpha value is -0.610. The van der Waals surface area contributed by atoms with Crippen molar-refractivity contribution in [1.29, 1.82) is 0 Å². The van der Waals surface area contributed by atoms with Gasteiger partial charge in [-0.05, 0) is 53.2 Å². The van der Waals surface area contributed by atoms with E-state index in [4.69, 9.17) is 4.74 Å². The van der Waals surface area contributed by atoms with E-state index < -0.39 is 0 Å². The summed E-state index contributed by atoms with van der Waals surface area (Å²) in [6.07, 6.45) is 4.01. The standard InChI is InChI=1S/C12H24N2O2/c1-12(2,7-9-13-3)16-11(15)10-6-4-5-8-14-10/h10,13-14H,4-9H2,1-3H3/t10-/m1/s1. The van der Waals surface area contributed by atoms with Gasteiger partial charge in [-0.15, -0.1) is 0 Å². The van der Waals surface area contributed by atoms with Crippen molar-refractivity contribution in [3.8, 4) is 0 Å². The number of piperidine rings is 1. The summed E-state index contributed by atoms with van der Waals surface area (Å²) < 4.78 is 5.54. The van der Waals surface area contributed by atoms with Gasteiger partial charge in [-0.1, -0.05) is 6.42 Å². The first-order valence-corrected chi connectivity index (χ1v) is 6.16. The Balaban J connectivity index is 2.36. The topological polar surface area (TPSA) is 50.4 Å². The fourth-order valence-corrected chi connectivity index (χ4v) is 1.87. The molecule has 1 rings (SSSR count). The third-order valence-corrected chi connectivity index (χ3v) is 2.95. The molecule has 1 saturated heterocycles. The Morgan fingerprint density at radius 1 is 1.50 bits per heavy atom. The van der Waals surface area contributed by atoms with Crippen LogP contribution in [0.15, 0.2) is 0 Å². The van der Waals surface area contributed by atoms with Crippen molar-refractivity contribution in [2.24, 2.45) is 0 Å². The first-order chi connectivity index (χ1) is 7.55. The Labute approximate surface area is 98.1 Å². The summed E-state index contributed by atoms with van der Waals surface area (Å²) in [4.78, 5) is 11.9. The summed E-state index contributed by atoms with van der Waals surface area (Å²) in [6, 6.07) is -0.0948. The minimum absolute atomic E-state index is 0.0948. The Kier molecular flexibility index (Phi) is 5.22. The molecule has 0 radical (unpaired) electrons. The van der Waals surface area contributed by atoms with Crippen LogP contribution < -0.4 is 10.6 Å². The van der Waals surface area contributed by atoms with Gasteiger partial charge < -0.3 is 15.4 Å². The van der Waals surface area contributed by atoms with Crippen LogP contribution >= 0.6 is 0 Å². The monoisotopic (exact) mass is 228 g/mol. The van der Waals surface area contributed by atoms with Crippen LogP contribution in [0.25, 0.3) is 0 Å². The van der Waals surface area contributed by atoms with Gasteiger partial charge in [0.05, 0.1) is 0 Å². The van der Waals surface area contributed by atoms with Gasteiger partial charge in [0.1, 0.15) is 11.6 Å². The molecule has 0 amide bonds. The molecule has 0 aromatic heterocycles. The largest absolute Gasteiger partial charge is 0.458 e. The first-order valence-electron chi connectivity index (χ1n) is 6.16. The maximum Gasteiger partial charge on any atom is 0.323 e. The van der Waals surface area contributed by atoms with Crippen molar-refractivity contribution in [1.82, 2.24) is 10.6 Å². The number of carbonyl (C=O) groups is 1. The van der Waals surface area contributed by atoms with Crippen molar-refractivity contribution in [3.05, 3.63) is 0 Å². The van der Waals surface area contributed by atoms with E-state index in [0.717, 1.165) is 38.8 Å². The molecule has 1 aliphatic heterocycles. The van der Waals surface area contributed by atoms with Crippen molar-refractivity contribution >= 4 is 5.97 Å². The molecule has 0 bridgehead atoms. The quantitative estimate of drug-likeness (QED) is 0.691. The normalized spacial score (nSPS) is 21.8. The van der Waals surface area contributed by atoms with E-state index >= 15 is 0 Å². The average molecular weight is 228 g/mol. The average Bonchev–Trinajstić information content (AvgIpc) is 2.27. The lowest BCUT2D eigenvalue weighted by molar-refractivity contribution is -0.160. The van der Waals surface area contributed by atoms with E-state index in [1.54, 1.807) is 0 Å². The number of carbonyl (C=O) groups excluding carboxylic acids is 1. The van der Waals surface area contributed by atoms with Gasteiger partial charge in [0.15, 0.2) is 0 Å². The smallest absolute Gasteiger partial charge is 0.323 e. The maximum atomic E-state index is 11.9. The van der Waals surface area contributed by atoms with E-state index in [1.807, 2.05) is 20.9 Å². The molecule has 16 heavy (non-hydrogen) atoms. The fraction of sp³-hybridized carbons (Fsp3) is 0.917. The molecule has 4 nitrogen and oxygen atoms in total. The van der Waals surface area contributed by atoms with Gasteiger partial charge in [0.25, 0.3) is 0 Å². The van der Waals surface area contributed by atoms with Crippen molar-refractivity contribution in [2.45, 2.75) is 51.2 Å². The second-order valence-electron chi connectivity index (χ2n) is 5.04. The Bertz CT molecular complexity index is 223. The lowest BCUT2D eigenvalue weighted by Crippen LogP contribution is -2.45. The lowest BCUT2D eigenvalue weighted by Gasteiger charge is -2.29. The second kappa shape index (κ2) is 6.21. The van der Waals surface area contributed by atoms with Crippen LogP contribution in [0, 0.1) is 0 Å². The highest BCUT2D eigenvalue weighted by molar-refractivity contribution is 5.76. The van der Waals surface area contributed by atoms with Crippen LogP contribution in [0.3, 0.4) is 0 Å². The zero-order valence-electron chi connectivity index (χ0n) is 10.6. The van der Waals surface area contributed by atoms with E-state index in [1.165, 1.54) is 0 Å². The Morgan fingerprint density at radius 3 is 2.81 bits per heavy atom. The molecule has 0 aromatic rings. The molecule has 0 saturated carbocycles. The zero-order valence-corrected chi connectivity index (χ0v) is 10.6. The summed E-state index contributed by atoms with van der Waals surface area (Å²) in [7, 11) is 1.90. The summed E-state index contributed by atoms with van der Waals surface area (Å²) in [5.74, 6) is -0.0965. The molecule has 1 aliphatic rings. The molecule has 1 heterocycles. The van der Waals surface area contributed by atoms with Crippen molar-refractivity contribution in [2.75, 3.05) is 20.1 Å². The molecular formula is C12H24N2O2. The molecule has 1 fully saturated rings. The number of esters is 1. The van der Waals surface area contributed by atoms with Crippen molar-refractivity contribution < 1.29 is 9.53 Å². The van der Waals surface area contributed by atoms with Crippen LogP contribution in [0.4, 0.5) is 0 Å². The van der Waals surface area contributed by atoms with Gasteiger partial charge in [0.2, 0.25) is 0 Å². The van der Waals surface area contributed by atoms with Crippen LogP contribution in [0.1, 0.15) is 39.5 Å². The van der Waals surface area contributed by atoms with Crippen LogP contribution in [-0.2, 0) is 9.53 Å². The summed E-state index contributed by atoms with van der Waals surface area (Å²) in [5.41, 5.74) is -0.376. The number of nitrogens with one attached hydrogen (secondary N) is 2. The molecule has 0 aromatic carbocycles. The maximum absolute atomic E-state index is 11.9. The number of rotatable bonds is 5. The van der Waals surface area contributed by atoms with Crippen molar-refractivity contribution in [3.63, 3.8) is 0 Å². The highest BCUT2D eigenvalue weighted by Gasteiger charge is 2.28. The highest BCUT2D eigenvalue weighted by Crippen LogP contribution is 2.17. The van der Waals surface area contributed by atoms with Gasteiger partial charge in [-0.25, -0.2) is 0 Å². The summed E-state index contributed by atoms with van der Waals surface area (Å²) >= 11 is 0. The minimum Gasteiger partial charge on any atom is -0.458 e. The molecule has 1 atom stereocenters. The van der Waals surface area contributed by atoms with Crippen LogP contribution in [0.5, 0.6) is 0 Å². The molecular weight excluding hydrogens is 204 g/mol.